The topological polar surface area (TPSA) is 68.3 Å². The van der Waals surface area contributed by atoms with E-state index in [1.54, 1.807) is 7.11 Å². The van der Waals surface area contributed by atoms with Gasteiger partial charge in [-0.2, -0.15) is 4.98 Å². The number of anilines is 1. The van der Waals surface area contributed by atoms with E-state index in [1.807, 2.05) is 19.9 Å². The summed E-state index contributed by atoms with van der Waals surface area (Å²) in [6, 6.07) is 2.04. The van der Waals surface area contributed by atoms with Crippen LogP contribution in [0.15, 0.2) is 6.07 Å². The molecule has 6 heteroatoms. The average Bonchev–Trinajstić information content (AvgIpc) is 2.76. The molecule has 18 heavy (non-hydrogen) atoms. The Bertz CT molecular complexity index is 400. The molecule has 1 saturated heterocycles. The third kappa shape index (κ3) is 3.08. The van der Waals surface area contributed by atoms with E-state index < -0.39 is 0 Å². The van der Waals surface area contributed by atoms with Gasteiger partial charge in [-0.05, 0) is 13.8 Å². The number of hydrogen-bond donors (Lipinski definition) is 2. The number of nitrogens with zero attached hydrogens (tertiary/aromatic N) is 2. The van der Waals surface area contributed by atoms with Crippen molar-refractivity contribution in [3.63, 3.8) is 0 Å². The second-order valence-corrected chi connectivity index (χ2v) is 4.25. The van der Waals surface area contributed by atoms with Crippen LogP contribution < -0.4 is 15.4 Å². The van der Waals surface area contributed by atoms with Crippen LogP contribution in [0.4, 0.5) is 5.82 Å². The predicted octanol–water partition coefficient (Wildman–Crippen LogP) is 0.582. The molecule has 2 atom stereocenters. The molecule has 0 spiro atoms. The van der Waals surface area contributed by atoms with Crippen LogP contribution in [0.25, 0.3) is 0 Å². The maximum absolute atomic E-state index is 5.41. The molecule has 0 aromatic carbocycles. The van der Waals surface area contributed by atoms with Crippen LogP contribution in [0.3, 0.4) is 0 Å². The van der Waals surface area contributed by atoms with Crippen molar-refractivity contribution in [3.05, 3.63) is 11.9 Å². The number of ether oxygens (including phenoxy) is 2. The molecular formula is C12H20N4O2. The first-order valence-corrected chi connectivity index (χ1v) is 6.21. The smallest absolute Gasteiger partial charge is 0.218 e. The van der Waals surface area contributed by atoms with E-state index in [2.05, 4.69) is 20.6 Å². The molecular weight excluding hydrogens is 232 g/mol. The molecule has 0 amide bonds. The Kier molecular flexibility index (Phi) is 4.33. The summed E-state index contributed by atoms with van der Waals surface area (Å²) in [5.74, 6) is 2.08. The van der Waals surface area contributed by atoms with Crippen molar-refractivity contribution in [1.29, 1.82) is 0 Å². The van der Waals surface area contributed by atoms with E-state index in [-0.39, 0.29) is 12.1 Å². The minimum Gasteiger partial charge on any atom is -0.478 e. The van der Waals surface area contributed by atoms with Crippen LogP contribution in [-0.2, 0) is 4.74 Å². The molecule has 6 nitrogen and oxygen atoms in total. The van der Waals surface area contributed by atoms with Gasteiger partial charge in [-0.25, -0.2) is 4.98 Å². The van der Waals surface area contributed by atoms with E-state index >= 15 is 0 Å². The predicted molar refractivity (Wildman–Crippen MR) is 69.0 cm³/mol. The van der Waals surface area contributed by atoms with Crippen molar-refractivity contribution in [2.75, 3.05) is 32.1 Å². The van der Waals surface area contributed by atoms with Gasteiger partial charge in [-0.3, -0.25) is 0 Å². The van der Waals surface area contributed by atoms with Gasteiger partial charge in [0.25, 0.3) is 0 Å². The SMILES string of the molecule is CCOc1cc(NC2CNC[C@@H]2OC)nc(C)n1. The van der Waals surface area contributed by atoms with Gasteiger partial charge in [0.2, 0.25) is 5.88 Å². The second kappa shape index (κ2) is 5.97. The Morgan fingerprint density at radius 1 is 1.44 bits per heavy atom. The molecule has 1 aromatic heterocycles. The van der Waals surface area contributed by atoms with Gasteiger partial charge in [0.1, 0.15) is 11.6 Å². The van der Waals surface area contributed by atoms with Crippen LogP contribution in [0.2, 0.25) is 0 Å². The fourth-order valence-corrected chi connectivity index (χ4v) is 2.07. The van der Waals surface area contributed by atoms with Gasteiger partial charge in [0.05, 0.1) is 18.8 Å². The van der Waals surface area contributed by atoms with Crippen LogP contribution in [0.5, 0.6) is 5.88 Å². The largest absolute Gasteiger partial charge is 0.478 e. The van der Waals surface area contributed by atoms with Crippen LogP contribution in [0, 0.1) is 6.92 Å². The van der Waals surface area contributed by atoms with E-state index in [1.165, 1.54) is 0 Å². The van der Waals surface area contributed by atoms with Crippen molar-refractivity contribution >= 4 is 5.82 Å². The summed E-state index contributed by atoms with van der Waals surface area (Å²) < 4.78 is 10.8. The first-order valence-electron chi connectivity index (χ1n) is 6.21. The van der Waals surface area contributed by atoms with Gasteiger partial charge in [0, 0.05) is 26.3 Å². The van der Waals surface area contributed by atoms with Crippen LogP contribution in [0.1, 0.15) is 12.7 Å². The quantitative estimate of drug-likeness (QED) is 0.799. The summed E-state index contributed by atoms with van der Waals surface area (Å²) >= 11 is 0. The van der Waals surface area contributed by atoms with E-state index in [4.69, 9.17) is 9.47 Å². The molecule has 0 bridgehead atoms. The summed E-state index contributed by atoms with van der Waals surface area (Å²) in [6.07, 6.45) is 0.163. The lowest BCUT2D eigenvalue weighted by Gasteiger charge is -2.19. The number of nitrogens with one attached hydrogen (secondary N) is 2. The third-order valence-electron chi connectivity index (χ3n) is 2.90. The van der Waals surface area contributed by atoms with Crippen molar-refractivity contribution in [2.24, 2.45) is 0 Å². The Labute approximate surface area is 107 Å². The van der Waals surface area contributed by atoms with Gasteiger partial charge in [-0.1, -0.05) is 0 Å². The molecule has 0 radical (unpaired) electrons. The number of rotatable bonds is 5. The normalized spacial score (nSPS) is 23.1. The van der Waals surface area contributed by atoms with E-state index in [0.717, 1.165) is 18.9 Å². The molecule has 0 aliphatic carbocycles. The highest BCUT2D eigenvalue weighted by Crippen LogP contribution is 2.16. The summed E-state index contributed by atoms with van der Waals surface area (Å²) in [5.41, 5.74) is 0. The summed E-state index contributed by atoms with van der Waals surface area (Å²) in [6.45, 7) is 6.12. The van der Waals surface area contributed by atoms with E-state index in [0.29, 0.717) is 18.3 Å². The number of aromatic nitrogens is 2. The monoisotopic (exact) mass is 252 g/mol. The minimum atomic E-state index is 0.163. The fourth-order valence-electron chi connectivity index (χ4n) is 2.07. The third-order valence-corrected chi connectivity index (χ3v) is 2.90. The maximum atomic E-state index is 5.41. The number of hydrogen-bond acceptors (Lipinski definition) is 6. The zero-order chi connectivity index (χ0) is 13.0. The highest BCUT2D eigenvalue weighted by molar-refractivity contribution is 5.40. The lowest BCUT2D eigenvalue weighted by molar-refractivity contribution is 0.111. The van der Waals surface area contributed by atoms with Gasteiger partial charge >= 0.3 is 0 Å². The number of aryl methyl sites for hydroxylation is 1. The molecule has 1 aliphatic heterocycles. The highest BCUT2D eigenvalue weighted by Gasteiger charge is 2.27. The Morgan fingerprint density at radius 2 is 2.28 bits per heavy atom. The zero-order valence-electron chi connectivity index (χ0n) is 11.1. The maximum Gasteiger partial charge on any atom is 0.218 e. The fraction of sp³-hybridized carbons (Fsp3) is 0.667. The standard InChI is InChI=1S/C12H20N4O2/c1-4-18-12-5-11(14-8(2)15-12)16-9-6-13-7-10(9)17-3/h5,9-10,13H,4,6-7H2,1-3H3,(H,14,15,16)/t9?,10-/m0/s1. The molecule has 1 fully saturated rings. The highest BCUT2D eigenvalue weighted by atomic mass is 16.5. The lowest BCUT2D eigenvalue weighted by atomic mass is 10.2. The molecule has 2 rings (SSSR count). The molecule has 1 aromatic rings. The molecule has 1 unspecified atom stereocenters. The van der Waals surface area contributed by atoms with Gasteiger partial charge in [-0.15, -0.1) is 0 Å². The molecule has 2 N–H and O–H groups in total. The van der Waals surface area contributed by atoms with Crippen LogP contribution in [-0.4, -0.2) is 48.9 Å². The minimum absolute atomic E-state index is 0.163. The van der Waals surface area contributed by atoms with E-state index in [9.17, 15) is 0 Å². The summed E-state index contributed by atoms with van der Waals surface area (Å²) in [4.78, 5) is 8.58. The lowest BCUT2D eigenvalue weighted by Crippen LogP contribution is -2.33. The molecule has 0 saturated carbocycles. The Morgan fingerprint density at radius 3 is 3.00 bits per heavy atom. The van der Waals surface area contributed by atoms with Gasteiger partial charge in [0.15, 0.2) is 0 Å². The first kappa shape index (κ1) is 13.0. The summed E-state index contributed by atoms with van der Waals surface area (Å²) in [5, 5.41) is 6.65. The van der Waals surface area contributed by atoms with Gasteiger partial charge < -0.3 is 20.1 Å². The molecule has 2 heterocycles. The number of methoxy groups -OCH3 is 1. The second-order valence-electron chi connectivity index (χ2n) is 4.25. The van der Waals surface area contributed by atoms with Crippen LogP contribution >= 0.6 is 0 Å². The average molecular weight is 252 g/mol. The first-order chi connectivity index (χ1) is 8.72. The van der Waals surface area contributed by atoms with Crippen molar-refractivity contribution in [2.45, 2.75) is 26.0 Å². The van der Waals surface area contributed by atoms with Crippen molar-refractivity contribution < 1.29 is 9.47 Å². The molecule has 1 aliphatic rings. The molecule has 100 valence electrons. The van der Waals surface area contributed by atoms with Crippen molar-refractivity contribution in [3.8, 4) is 5.88 Å². The Balaban J connectivity index is 2.08. The summed E-state index contributed by atoms with van der Waals surface area (Å²) in [7, 11) is 1.73. The zero-order valence-corrected chi connectivity index (χ0v) is 11.1. The Hall–Kier alpha value is -1.40. The van der Waals surface area contributed by atoms with Crippen molar-refractivity contribution in [1.82, 2.24) is 15.3 Å².